The van der Waals surface area contributed by atoms with Crippen LogP contribution < -0.4 is 0 Å². The van der Waals surface area contributed by atoms with Crippen molar-refractivity contribution in [3.8, 4) is 22.4 Å². The first-order valence-corrected chi connectivity index (χ1v) is 7.24. The lowest BCUT2D eigenvalue weighted by Crippen LogP contribution is -1.92. The number of halogens is 1. The van der Waals surface area contributed by atoms with Crippen molar-refractivity contribution in [2.45, 2.75) is 6.92 Å². The Morgan fingerprint density at radius 3 is 2.57 bits per heavy atom. The van der Waals surface area contributed by atoms with Crippen LogP contribution in [-0.2, 0) is 0 Å². The Morgan fingerprint density at radius 1 is 0.957 bits per heavy atom. The molecular weight excluding hydrogens is 291 g/mol. The van der Waals surface area contributed by atoms with Gasteiger partial charge in [0.25, 0.3) is 0 Å². The number of nitrogens with zero attached hydrogens (tertiary/aromatic N) is 3. The van der Waals surface area contributed by atoms with Crippen LogP contribution in [0.1, 0.15) is 5.82 Å². The maximum Gasteiger partial charge on any atom is 0.178 e. The Labute approximate surface area is 132 Å². The fourth-order valence-corrected chi connectivity index (χ4v) is 2.67. The van der Waals surface area contributed by atoms with Crippen molar-refractivity contribution in [3.63, 3.8) is 0 Å². The Balaban J connectivity index is 2.04. The lowest BCUT2D eigenvalue weighted by molar-refractivity contribution is 0.628. The predicted octanol–water partition coefficient (Wildman–Crippen LogP) is 4.13. The van der Waals surface area contributed by atoms with Crippen molar-refractivity contribution in [2.75, 3.05) is 0 Å². The Kier molecular flexibility index (Phi) is 3.12. The molecule has 3 aromatic heterocycles. The monoisotopic (exact) mass is 304 g/mol. The molecule has 0 atom stereocenters. The van der Waals surface area contributed by atoms with E-state index in [1.807, 2.05) is 31.2 Å². The molecule has 0 unspecified atom stereocenters. The van der Waals surface area contributed by atoms with Gasteiger partial charge in [-0.3, -0.25) is 4.98 Å². The maximum absolute atomic E-state index is 13.6. The molecule has 0 spiro atoms. The molecule has 0 saturated carbocycles. The van der Waals surface area contributed by atoms with E-state index >= 15 is 0 Å². The second kappa shape index (κ2) is 5.28. The fraction of sp³-hybridized carbons (Fsp3) is 0.0556. The topological polar surface area (TPSA) is 54.5 Å². The molecule has 0 aliphatic rings. The van der Waals surface area contributed by atoms with Gasteiger partial charge in [-0.05, 0) is 42.8 Å². The molecule has 4 nitrogen and oxygen atoms in total. The minimum absolute atomic E-state index is 0.289. The normalized spacial score (nSPS) is 11.0. The molecule has 4 aromatic rings. The van der Waals surface area contributed by atoms with Gasteiger partial charge in [0, 0.05) is 23.5 Å². The summed E-state index contributed by atoms with van der Waals surface area (Å²) >= 11 is 0. The van der Waals surface area contributed by atoms with Crippen LogP contribution in [0.3, 0.4) is 0 Å². The predicted molar refractivity (Wildman–Crippen MR) is 87.3 cm³/mol. The van der Waals surface area contributed by atoms with Crippen LogP contribution in [0.15, 0.2) is 54.9 Å². The van der Waals surface area contributed by atoms with Crippen molar-refractivity contribution in [1.29, 1.82) is 0 Å². The first-order chi connectivity index (χ1) is 11.2. The number of fused-ring (bicyclic) bond motifs is 1. The van der Waals surface area contributed by atoms with Gasteiger partial charge in [0.2, 0.25) is 0 Å². The number of aryl methyl sites for hydroxylation is 1. The lowest BCUT2D eigenvalue weighted by atomic mass is 10.00. The average molecular weight is 304 g/mol. The highest BCUT2D eigenvalue weighted by molar-refractivity contribution is 5.88. The molecule has 1 N–H and O–H groups in total. The van der Waals surface area contributed by atoms with E-state index in [1.165, 1.54) is 12.1 Å². The van der Waals surface area contributed by atoms with Gasteiger partial charge >= 0.3 is 0 Å². The largest absolute Gasteiger partial charge is 0.341 e. The van der Waals surface area contributed by atoms with E-state index in [-0.39, 0.29) is 5.82 Å². The van der Waals surface area contributed by atoms with Crippen LogP contribution in [-0.4, -0.2) is 19.9 Å². The molecule has 0 fully saturated rings. The summed E-state index contributed by atoms with van der Waals surface area (Å²) in [5.74, 6) is 0.507. The van der Waals surface area contributed by atoms with Crippen LogP contribution in [0.2, 0.25) is 0 Å². The quantitative estimate of drug-likeness (QED) is 0.605. The molecule has 0 aliphatic heterocycles. The zero-order chi connectivity index (χ0) is 15.8. The van der Waals surface area contributed by atoms with Gasteiger partial charge in [0.05, 0.1) is 11.2 Å². The van der Waals surface area contributed by atoms with Crippen molar-refractivity contribution < 1.29 is 4.39 Å². The number of benzene rings is 1. The SMILES string of the molecule is Cc1nc2nc(-c3cccc(F)c3)c(-c3ccncc3)cc2[nH]1. The van der Waals surface area contributed by atoms with E-state index < -0.39 is 0 Å². The molecule has 3 heterocycles. The molecule has 0 saturated heterocycles. The zero-order valence-electron chi connectivity index (χ0n) is 12.4. The van der Waals surface area contributed by atoms with Crippen LogP contribution >= 0.6 is 0 Å². The number of aromatic nitrogens is 4. The molecule has 4 rings (SSSR count). The van der Waals surface area contributed by atoms with E-state index in [1.54, 1.807) is 18.5 Å². The van der Waals surface area contributed by atoms with Gasteiger partial charge in [-0.25, -0.2) is 14.4 Å². The highest BCUT2D eigenvalue weighted by Crippen LogP contribution is 2.32. The Morgan fingerprint density at radius 2 is 1.78 bits per heavy atom. The third kappa shape index (κ3) is 2.46. The van der Waals surface area contributed by atoms with Crippen molar-refractivity contribution in [3.05, 3.63) is 66.5 Å². The summed E-state index contributed by atoms with van der Waals surface area (Å²) in [6.07, 6.45) is 3.46. The first-order valence-electron chi connectivity index (χ1n) is 7.24. The van der Waals surface area contributed by atoms with Crippen LogP contribution in [0.25, 0.3) is 33.5 Å². The molecule has 0 amide bonds. The number of hydrogen-bond donors (Lipinski definition) is 1. The molecule has 0 bridgehead atoms. The minimum Gasteiger partial charge on any atom is -0.341 e. The van der Waals surface area contributed by atoms with Crippen LogP contribution in [0.4, 0.5) is 4.39 Å². The Bertz CT molecular complexity index is 993. The zero-order valence-corrected chi connectivity index (χ0v) is 12.4. The van der Waals surface area contributed by atoms with Gasteiger partial charge in [0.15, 0.2) is 5.65 Å². The smallest absolute Gasteiger partial charge is 0.178 e. The number of hydrogen-bond acceptors (Lipinski definition) is 3. The molecule has 112 valence electrons. The van der Waals surface area contributed by atoms with Crippen LogP contribution in [0, 0.1) is 12.7 Å². The molecule has 0 aliphatic carbocycles. The van der Waals surface area contributed by atoms with Gasteiger partial charge in [-0.2, -0.15) is 0 Å². The summed E-state index contributed by atoms with van der Waals surface area (Å²) in [5.41, 5.74) is 4.79. The molecule has 1 aromatic carbocycles. The molecule has 5 heteroatoms. The number of pyridine rings is 2. The average Bonchev–Trinajstić information content (AvgIpc) is 2.93. The number of nitrogens with one attached hydrogen (secondary N) is 1. The Hall–Kier alpha value is -3.08. The number of rotatable bonds is 2. The van der Waals surface area contributed by atoms with Gasteiger partial charge in [0.1, 0.15) is 11.6 Å². The molecule has 0 radical (unpaired) electrons. The number of imidazole rings is 1. The molecular formula is C18H13FN4. The highest BCUT2D eigenvalue weighted by Gasteiger charge is 2.13. The van der Waals surface area contributed by atoms with E-state index in [4.69, 9.17) is 0 Å². The molecule has 23 heavy (non-hydrogen) atoms. The number of H-pyrrole nitrogens is 1. The first kappa shape index (κ1) is 13.6. The van der Waals surface area contributed by atoms with Crippen molar-refractivity contribution >= 4 is 11.2 Å². The second-order valence-corrected chi connectivity index (χ2v) is 5.32. The fourth-order valence-electron chi connectivity index (χ4n) is 2.67. The summed E-state index contributed by atoms with van der Waals surface area (Å²) in [7, 11) is 0. The number of aromatic amines is 1. The van der Waals surface area contributed by atoms with Crippen molar-refractivity contribution in [2.24, 2.45) is 0 Å². The summed E-state index contributed by atoms with van der Waals surface area (Å²) in [4.78, 5) is 16.3. The summed E-state index contributed by atoms with van der Waals surface area (Å²) in [5, 5.41) is 0. The lowest BCUT2D eigenvalue weighted by Gasteiger charge is -2.09. The second-order valence-electron chi connectivity index (χ2n) is 5.32. The van der Waals surface area contributed by atoms with E-state index in [2.05, 4.69) is 19.9 Å². The van der Waals surface area contributed by atoms with E-state index in [9.17, 15) is 4.39 Å². The maximum atomic E-state index is 13.6. The summed E-state index contributed by atoms with van der Waals surface area (Å²) < 4.78 is 13.6. The van der Waals surface area contributed by atoms with Gasteiger partial charge in [-0.15, -0.1) is 0 Å². The minimum atomic E-state index is -0.289. The van der Waals surface area contributed by atoms with Crippen molar-refractivity contribution in [1.82, 2.24) is 19.9 Å². The summed E-state index contributed by atoms with van der Waals surface area (Å²) in [6.45, 7) is 1.88. The van der Waals surface area contributed by atoms with Crippen LogP contribution in [0.5, 0.6) is 0 Å². The standard InChI is InChI=1S/C18H13FN4/c1-11-21-16-10-15(12-5-7-20-8-6-12)17(23-18(16)22-11)13-3-2-4-14(19)9-13/h2-10H,1H3,(H,21,22,23). The third-order valence-electron chi connectivity index (χ3n) is 3.68. The third-order valence-corrected chi connectivity index (χ3v) is 3.68. The summed E-state index contributed by atoms with van der Waals surface area (Å²) in [6, 6.07) is 12.3. The van der Waals surface area contributed by atoms with E-state index in [0.29, 0.717) is 11.3 Å². The van der Waals surface area contributed by atoms with Gasteiger partial charge < -0.3 is 4.98 Å². The van der Waals surface area contributed by atoms with E-state index in [0.717, 1.165) is 28.0 Å². The van der Waals surface area contributed by atoms with Gasteiger partial charge in [-0.1, -0.05) is 12.1 Å². The highest BCUT2D eigenvalue weighted by atomic mass is 19.1.